The summed E-state index contributed by atoms with van der Waals surface area (Å²) in [6.45, 7) is 3.12. The zero-order valence-electron chi connectivity index (χ0n) is 12.1. The average molecular weight is 311 g/mol. The van der Waals surface area contributed by atoms with Crippen LogP contribution in [-0.4, -0.2) is 26.4 Å². The number of piperidine rings is 1. The largest absolute Gasteiger partial charge is 0.350 e. The molecule has 1 aliphatic heterocycles. The van der Waals surface area contributed by atoms with E-state index in [0.717, 1.165) is 31.4 Å². The van der Waals surface area contributed by atoms with Crippen LogP contribution in [0, 0.1) is 0 Å². The number of hydrogen-bond acceptors (Lipinski definition) is 4. The van der Waals surface area contributed by atoms with Crippen molar-refractivity contribution >= 4 is 15.9 Å². The second kappa shape index (κ2) is 6.13. The lowest BCUT2D eigenvalue weighted by Gasteiger charge is -2.33. The van der Waals surface area contributed by atoms with Gasteiger partial charge in [0.25, 0.3) is 0 Å². The number of carbonyl (C=O) groups excluding carboxylic acids is 1. The van der Waals surface area contributed by atoms with Crippen molar-refractivity contribution in [2.45, 2.75) is 43.2 Å². The van der Waals surface area contributed by atoms with Gasteiger partial charge < -0.3 is 10.6 Å². The first kappa shape index (κ1) is 15.9. The van der Waals surface area contributed by atoms with E-state index in [1.165, 1.54) is 12.1 Å². The molecule has 7 heteroatoms. The Morgan fingerprint density at radius 2 is 2.00 bits per heavy atom. The molecule has 1 unspecified atom stereocenters. The summed E-state index contributed by atoms with van der Waals surface area (Å²) in [5, 5.41) is 11.2. The van der Waals surface area contributed by atoms with Crippen molar-refractivity contribution < 1.29 is 13.2 Å². The highest BCUT2D eigenvalue weighted by atomic mass is 32.2. The molecule has 0 radical (unpaired) electrons. The van der Waals surface area contributed by atoms with E-state index in [-0.39, 0.29) is 10.8 Å². The summed E-state index contributed by atoms with van der Waals surface area (Å²) >= 11 is 0. The third kappa shape index (κ3) is 4.03. The highest BCUT2D eigenvalue weighted by Crippen LogP contribution is 2.19. The van der Waals surface area contributed by atoms with Crippen molar-refractivity contribution in [3.8, 4) is 0 Å². The van der Waals surface area contributed by atoms with Gasteiger partial charge in [-0.25, -0.2) is 13.6 Å². The second-order valence-electron chi connectivity index (χ2n) is 5.59. The van der Waals surface area contributed by atoms with Gasteiger partial charge >= 0.3 is 0 Å². The van der Waals surface area contributed by atoms with Crippen molar-refractivity contribution in [3.05, 3.63) is 29.8 Å². The van der Waals surface area contributed by atoms with E-state index in [2.05, 4.69) is 10.6 Å². The Morgan fingerprint density at radius 1 is 1.33 bits per heavy atom. The molecule has 1 heterocycles. The van der Waals surface area contributed by atoms with Crippen LogP contribution in [0.15, 0.2) is 29.2 Å². The van der Waals surface area contributed by atoms with Gasteiger partial charge in [0, 0.05) is 6.54 Å². The van der Waals surface area contributed by atoms with Crippen molar-refractivity contribution in [3.63, 3.8) is 0 Å². The number of primary sulfonamides is 1. The van der Waals surface area contributed by atoms with Gasteiger partial charge in [0.15, 0.2) is 0 Å². The van der Waals surface area contributed by atoms with Crippen molar-refractivity contribution in [2.75, 3.05) is 6.54 Å². The number of sulfonamides is 1. The van der Waals surface area contributed by atoms with E-state index in [9.17, 15) is 13.2 Å². The van der Waals surface area contributed by atoms with Gasteiger partial charge in [0.1, 0.15) is 0 Å². The average Bonchev–Trinajstić information content (AvgIpc) is 2.45. The van der Waals surface area contributed by atoms with E-state index < -0.39 is 15.6 Å². The molecular weight excluding hydrogens is 290 g/mol. The minimum Gasteiger partial charge on any atom is -0.350 e. The number of nitrogens with two attached hydrogens (primary N) is 1. The van der Waals surface area contributed by atoms with E-state index in [0.29, 0.717) is 6.54 Å². The Morgan fingerprint density at radius 3 is 2.52 bits per heavy atom. The van der Waals surface area contributed by atoms with Crippen molar-refractivity contribution in [1.29, 1.82) is 0 Å². The van der Waals surface area contributed by atoms with Gasteiger partial charge in [-0.1, -0.05) is 12.1 Å². The summed E-state index contributed by atoms with van der Waals surface area (Å²) in [7, 11) is -3.68. The minimum absolute atomic E-state index is 0.0299. The summed E-state index contributed by atoms with van der Waals surface area (Å²) < 4.78 is 22.3. The second-order valence-corrected chi connectivity index (χ2v) is 7.15. The molecule has 1 saturated heterocycles. The van der Waals surface area contributed by atoms with Gasteiger partial charge in [-0.15, -0.1) is 0 Å². The fraction of sp³-hybridized carbons (Fsp3) is 0.500. The van der Waals surface area contributed by atoms with Gasteiger partial charge in [0.2, 0.25) is 15.9 Å². The number of benzene rings is 1. The van der Waals surface area contributed by atoms with Crippen molar-refractivity contribution in [1.82, 2.24) is 10.6 Å². The molecule has 0 bridgehead atoms. The molecule has 116 valence electrons. The Bertz CT molecular complexity index is 605. The molecule has 0 aromatic heterocycles. The maximum atomic E-state index is 12.2. The Labute approximate surface area is 125 Å². The van der Waals surface area contributed by atoms with Crippen LogP contribution in [0.3, 0.4) is 0 Å². The third-order valence-electron chi connectivity index (χ3n) is 3.82. The van der Waals surface area contributed by atoms with Crippen LogP contribution in [0.1, 0.15) is 31.7 Å². The Hall–Kier alpha value is -1.44. The molecule has 0 aliphatic carbocycles. The molecule has 0 spiro atoms. The molecular formula is C14H21N3O3S. The molecule has 1 aliphatic rings. The minimum atomic E-state index is -3.68. The van der Waals surface area contributed by atoms with Gasteiger partial charge in [-0.3, -0.25) is 4.79 Å². The van der Waals surface area contributed by atoms with Gasteiger partial charge in [0.05, 0.1) is 10.4 Å². The summed E-state index contributed by atoms with van der Waals surface area (Å²) in [5.41, 5.74) is 0.314. The standard InChI is InChI=1S/C14H21N3O3S/c1-14(8-2-3-9-17-14)13(18)16-10-11-4-6-12(7-5-11)21(15,19)20/h4-7,17H,2-3,8-10H2,1H3,(H,16,18)(H2,15,19,20). The first-order valence-electron chi connectivity index (χ1n) is 6.96. The van der Waals surface area contributed by atoms with Crippen LogP contribution in [0.25, 0.3) is 0 Å². The fourth-order valence-corrected chi connectivity index (χ4v) is 2.94. The van der Waals surface area contributed by atoms with Gasteiger partial charge in [-0.05, 0) is 50.4 Å². The molecule has 1 amide bonds. The predicted molar refractivity (Wildman–Crippen MR) is 79.9 cm³/mol. The molecule has 1 aromatic carbocycles. The first-order chi connectivity index (χ1) is 9.81. The Kier molecular flexibility index (Phi) is 4.65. The third-order valence-corrected chi connectivity index (χ3v) is 4.75. The number of rotatable bonds is 4. The molecule has 0 saturated carbocycles. The molecule has 2 rings (SSSR count). The predicted octanol–water partition coefficient (Wildman–Crippen LogP) is 0.482. The molecule has 1 aromatic rings. The molecule has 6 nitrogen and oxygen atoms in total. The number of nitrogens with one attached hydrogen (secondary N) is 2. The maximum absolute atomic E-state index is 12.2. The molecule has 1 fully saturated rings. The lowest BCUT2D eigenvalue weighted by molar-refractivity contribution is -0.128. The lowest BCUT2D eigenvalue weighted by atomic mass is 9.90. The van der Waals surface area contributed by atoms with Crippen LogP contribution in [0.4, 0.5) is 0 Å². The van der Waals surface area contributed by atoms with Crippen LogP contribution in [-0.2, 0) is 21.4 Å². The normalized spacial score (nSPS) is 22.8. The highest BCUT2D eigenvalue weighted by molar-refractivity contribution is 7.89. The number of carbonyl (C=O) groups is 1. The fourth-order valence-electron chi connectivity index (χ4n) is 2.42. The first-order valence-corrected chi connectivity index (χ1v) is 8.51. The smallest absolute Gasteiger partial charge is 0.240 e. The van der Waals surface area contributed by atoms with Crippen LogP contribution in [0.2, 0.25) is 0 Å². The van der Waals surface area contributed by atoms with E-state index in [1.54, 1.807) is 12.1 Å². The number of hydrogen-bond donors (Lipinski definition) is 3. The van der Waals surface area contributed by atoms with E-state index >= 15 is 0 Å². The molecule has 21 heavy (non-hydrogen) atoms. The van der Waals surface area contributed by atoms with Crippen LogP contribution in [0.5, 0.6) is 0 Å². The molecule has 4 N–H and O–H groups in total. The monoisotopic (exact) mass is 311 g/mol. The zero-order valence-corrected chi connectivity index (χ0v) is 12.9. The quantitative estimate of drug-likeness (QED) is 0.753. The Balaban J connectivity index is 1.95. The summed E-state index contributed by atoms with van der Waals surface area (Å²) in [5.74, 6) is -0.0299. The van der Waals surface area contributed by atoms with Crippen molar-refractivity contribution in [2.24, 2.45) is 5.14 Å². The summed E-state index contributed by atoms with van der Waals surface area (Å²) in [6, 6.07) is 6.18. The topological polar surface area (TPSA) is 101 Å². The number of amides is 1. The zero-order chi connectivity index (χ0) is 15.5. The van der Waals surface area contributed by atoms with Crippen LogP contribution < -0.4 is 15.8 Å². The summed E-state index contributed by atoms with van der Waals surface area (Å²) in [4.78, 5) is 12.3. The summed E-state index contributed by atoms with van der Waals surface area (Å²) in [6.07, 6.45) is 2.96. The lowest BCUT2D eigenvalue weighted by Crippen LogP contribution is -2.56. The SMILES string of the molecule is CC1(C(=O)NCc2ccc(S(N)(=O)=O)cc2)CCCCN1. The van der Waals surface area contributed by atoms with E-state index in [1.807, 2.05) is 6.92 Å². The van der Waals surface area contributed by atoms with E-state index in [4.69, 9.17) is 5.14 Å². The molecule has 1 atom stereocenters. The highest BCUT2D eigenvalue weighted by Gasteiger charge is 2.33. The maximum Gasteiger partial charge on any atom is 0.240 e. The van der Waals surface area contributed by atoms with Gasteiger partial charge in [-0.2, -0.15) is 0 Å². The van der Waals surface area contributed by atoms with Crippen LogP contribution >= 0.6 is 0 Å².